The van der Waals surface area contributed by atoms with Crippen molar-refractivity contribution in [1.82, 2.24) is 4.90 Å². The molecule has 0 saturated carbocycles. The zero-order chi connectivity index (χ0) is 9.97. The van der Waals surface area contributed by atoms with Crippen molar-refractivity contribution in [3.8, 4) is 5.75 Å². The highest BCUT2D eigenvalue weighted by Gasteiger charge is 2.18. The zero-order valence-corrected chi connectivity index (χ0v) is 8.19. The smallest absolute Gasteiger partial charge is 0.115 e. The van der Waals surface area contributed by atoms with Gasteiger partial charge in [0.05, 0.1) is 0 Å². The van der Waals surface area contributed by atoms with Crippen LogP contribution in [0, 0.1) is 0 Å². The third-order valence-corrected chi connectivity index (χ3v) is 2.65. The quantitative estimate of drug-likeness (QED) is 0.732. The van der Waals surface area contributed by atoms with E-state index in [0.717, 1.165) is 26.1 Å². The van der Waals surface area contributed by atoms with E-state index in [9.17, 15) is 0 Å². The van der Waals surface area contributed by atoms with Gasteiger partial charge in [-0.3, -0.25) is 4.90 Å². The van der Waals surface area contributed by atoms with Crippen LogP contribution in [-0.2, 0) is 6.54 Å². The molecule has 3 heteroatoms. The van der Waals surface area contributed by atoms with Crippen LogP contribution >= 0.6 is 0 Å². The molecule has 0 amide bonds. The molecule has 0 aromatic heterocycles. The number of nitrogens with zero attached hydrogens (tertiary/aromatic N) is 1. The van der Waals surface area contributed by atoms with Gasteiger partial charge in [0, 0.05) is 25.7 Å². The standard InChI is InChI=1S/C11H16N2O/c12-10-5-6-13(8-10)7-9-1-3-11(14)4-2-9/h1-4,10,14H,5-8,12H2. The van der Waals surface area contributed by atoms with E-state index < -0.39 is 0 Å². The van der Waals surface area contributed by atoms with Crippen LogP contribution in [0.15, 0.2) is 24.3 Å². The fourth-order valence-corrected chi connectivity index (χ4v) is 1.87. The number of phenols is 1. The summed E-state index contributed by atoms with van der Waals surface area (Å²) in [5.41, 5.74) is 7.05. The Balaban J connectivity index is 1.94. The summed E-state index contributed by atoms with van der Waals surface area (Å²) in [5, 5.41) is 9.13. The molecular weight excluding hydrogens is 176 g/mol. The average molecular weight is 192 g/mol. The molecule has 14 heavy (non-hydrogen) atoms. The third-order valence-electron chi connectivity index (χ3n) is 2.65. The zero-order valence-electron chi connectivity index (χ0n) is 8.19. The minimum absolute atomic E-state index is 0.326. The lowest BCUT2D eigenvalue weighted by Crippen LogP contribution is -2.26. The Bertz CT molecular complexity index is 297. The predicted molar refractivity (Wildman–Crippen MR) is 56.0 cm³/mol. The van der Waals surface area contributed by atoms with Crippen LogP contribution < -0.4 is 5.73 Å². The molecule has 3 N–H and O–H groups in total. The molecule has 1 unspecified atom stereocenters. The van der Waals surface area contributed by atoms with E-state index in [1.165, 1.54) is 5.56 Å². The van der Waals surface area contributed by atoms with Gasteiger partial charge in [0.25, 0.3) is 0 Å². The number of hydrogen-bond acceptors (Lipinski definition) is 3. The summed E-state index contributed by atoms with van der Waals surface area (Å²) < 4.78 is 0. The van der Waals surface area contributed by atoms with Crippen LogP contribution in [0.4, 0.5) is 0 Å². The summed E-state index contributed by atoms with van der Waals surface area (Å²) >= 11 is 0. The first-order valence-corrected chi connectivity index (χ1v) is 5.00. The van der Waals surface area contributed by atoms with Crippen molar-refractivity contribution in [2.75, 3.05) is 13.1 Å². The number of likely N-dealkylation sites (tertiary alicyclic amines) is 1. The fourth-order valence-electron chi connectivity index (χ4n) is 1.87. The molecule has 1 heterocycles. The molecule has 3 nitrogen and oxygen atoms in total. The van der Waals surface area contributed by atoms with Crippen molar-refractivity contribution in [3.05, 3.63) is 29.8 Å². The second kappa shape index (κ2) is 3.98. The number of aromatic hydroxyl groups is 1. The lowest BCUT2D eigenvalue weighted by Gasteiger charge is -2.14. The van der Waals surface area contributed by atoms with Crippen LogP contribution in [0.1, 0.15) is 12.0 Å². The van der Waals surface area contributed by atoms with E-state index >= 15 is 0 Å². The highest BCUT2D eigenvalue weighted by atomic mass is 16.3. The van der Waals surface area contributed by atoms with Gasteiger partial charge >= 0.3 is 0 Å². The summed E-state index contributed by atoms with van der Waals surface area (Å²) in [5.74, 6) is 0.326. The number of benzene rings is 1. The number of rotatable bonds is 2. The first-order valence-electron chi connectivity index (χ1n) is 5.00. The van der Waals surface area contributed by atoms with E-state index in [4.69, 9.17) is 10.8 Å². The Morgan fingerprint density at radius 2 is 2.07 bits per heavy atom. The van der Waals surface area contributed by atoms with Crippen molar-refractivity contribution in [1.29, 1.82) is 0 Å². The molecule has 0 radical (unpaired) electrons. The van der Waals surface area contributed by atoms with Gasteiger partial charge in [0.1, 0.15) is 5.75 Å². The van der Waals surface area contributed by atoms with Gasteiger partial charge in [-0.25, -0.2) is 0 Å². The number of nitrogens with two attached hydrogens (primary N) is 1. The first kappa shape index (κ1) is 9.49. The lowest BCUT2D eigenvalue weighted by atomic mass is 10.2. The minimum Gasteiger partial charge on any atom is -0.508 e. The molecule has 2 rings (SSSR count). The first-order chi connectivity index (χ1) is 6.74. The monoisotopic (exact) mass is 192 g/mol. The average Bonchev–Trinajstić information content (AvgIpc) is 2.56. The molecule has 0 aliphatic carbocycles. The van der Waals surface area contributed by atoms with Crippen molar-refractivity contribution in [2.24, 2.45) is 5.73 Å². The van der Waals surface area contributed by atoms with Gasteiger partial charge in [-0.2, -0.15) is 0 Å². The molecule has 1 aromatic rings. The van der Waals surface area contributed by atoms with Gasteiger partial charge in [0.15, 0.2) is 0 Å². The molecular formula is C11H16N2O. The van der Waals surface area contributed by atoms with Crippen LogP contribution in [0.25, 0.3) is 0 Å². The molecule has 1 aromatic carbocycles. The Morgan fingerprint density at radius 3 is 2.64 bits per heavy atom. The second-order valence-corrected chi connectivity index (χ2v) is 3.95. The molecule has 1 aliphatic rings. The van der Waals surface area contributed by atoms with E-state index in [1.54, 1.807) is 12.1 Å². The van der Waals surface area contributed by atoms with Crippen molar-refractivity contribution < 1.29 is 5.11 Å². The fraction of sp³-hybridized carbons (Fsp3) is 0.455. The molecule has 76 valence electrons. The second-order valence-electron chi connectivity index (χ2n) is 3.95. The Hall–Kier alpha value is -1.06. The van der Waals surface area contributed by atoms with Gasteiger partial charge in [-0.15, -0.1) is 0 Å². The van der Waals surface area contributed by atoms with Crippen LogP contribution in [-0.4, -0.2) is 29.1 Å². The normalized spacial score (nSPS) is 22.8. The van der Waals surface area contributed by atoms with E-state index in [1.807, 2.05) is 12.1 Å². The largest absolute Gasteiger partial charge is 0.508 e. The van der Waals surface area contributed by atoms with Gasteiger partial charge in [-0.1, -0.05) is 12.1 Å². The molecule has 1 atom stereocenters. The summed E-state index contributed by atoms with van der Waals surface area (Å²) in [6.07, 6.45) is 1.10. The summed E-state index contributed by atoms with van der Waals surface area (Å²) in [4.78, 5) is 2.34. The Kier molecular flexibility index (Phi) is 2.70. The van der Waals surface area contributed by atoms with Crippen LogP contribution in [0.2, 0.25) is 0 Å². The van der Waals surface area contributed by atoms with Gasteiger partial charge < -0.3 is 10.8 Å². The molecule has 0 bridgehead atoms. The van der Waals surface area contributed by atoms with Crippen LogP contribution in [0.3, 0.4) is 0 Å². The molecule has 1 aliphatic heterocycles. The maximum Gasteiger partial charge on any atom is 0.115 e. The summed E-state index contributed by atoms with van der Waals surface area (Å²) in [6.45, 7) is 3.01. The number of hydrogen-bond donors (Lipinski definition) is 2. The van der Waals surface area contributed by atoms with E-state index in [0.29, 0.717) is 11.8 Å². The van der Waals surface area contributed by atoms with Crippen LogP contribution in [0.5, 0.6) is 5.75 Å². The summed E-state index contributed by atoms with van der Waals surface area (Å²) in [7, 11) is 0. The number of phenolic OH excluding ortho intramolecular Hbond substituents is 1. The van der Waals surface area contributed by atoms with Crippen molar-refractivity contribution in [3.63, 3.8) is 0 Å². The maximum atomic E-state index is 9.13. The molecule has 1 fully saturated rings. The minimum atomic E-state index is 0.326. The lowest BCUT2D eigenvalue weighted by molar-refractivity contribution is 0.326. The highest BCUT2D eigenvalue weighted by molar-refractivity contribution is 5.25. The van der Waals surface area contributed by atoms with Gasteiger partial charge in [-0.05, 0) is 24.1 Å². The van der Waals surface area contributed by atoms with Gasteiger partial charge in [0.2, 0.25) is 0 Å². The topological polar surface area (TPSA) is 49.5 Å². The third kappa shape index (κ3) is 2.25. The Morgan fingerprint density at radius 1 is 1.36 bits per heavy atom. The van der Waals surface area contributed by atoms with E-state index in [2.05, 4.69) is 4.90 Å². The van der Waals surface area contributed by atoms with Crippen molar-refractivity contribution in [2.45, 2.75) is 19.0 Å². The molecule has 1 saturated heterocycles. The SMILES string of the molecule is NC1CCN(Cc2ccc(O)cc2)C1. The highest BCUT2D eigenvalue weighted by Crippen LogP contribution is 2.14. The summed E-state index contributed by atoms with van der Waals surface area (Å²) in [6, 6.07) is 7.71. The maximum absolute atomic E-state index is 9.13. The Labute approximate surface area is 84.1 Å². The van der Waals surface area contributed by atoms with E-state index in [-0.39, 0.29) is 0 Å². The molecule has 0 spiro atoms. The predicted octanol–water partition coefficient (Wildman–Crippen LogP) is 0.925. The van der Waals surface area contributed by atoms with Crippen molar-refractivity contribution >= 4 is 0 Å².